The molecular formula is C19H23N3O3S. The van der Waals surface area contributed by atoms with Crippen LogP contribution in [0.25, 0.3) is 0 Å². The summed E-state index contributed by atoms with van der Waals surface area (Å²) in [6, 6.07) is 8.90. The summed E-state index contributed by atoms with van der Waals surface area (Å²) in [4.78, 5) is 18.7. The first kappa shape index (κ1) is 18.5. The Morgan fingerprint density at radius 2 is 1.69 bits per heavy atom. The van der Waals surface area contributed by atoms with Gasteiger partial charge in [0.15, 0.2) is 0 Å². The van der Waals surface area contributed by atoms with Gasteiger partial charge < -0.3 is 4.90 Å². The number of carbonyl (C=O) groups excluding carboxylic acids is 1. The standard InChI is InChI=1S/C19H23N3O3S/c1-14-4-7-18(15(2)12-14)26(24,25)22-10-8-21(9-11-22)19(23)17-6-5-16(3)20-13-17/h4-7,12-13H,8-11H2,1-3H3. The minimum Gasteiger partial charge on any atom is -0.336 e. The van der Waals surface area contributed by atoms with Crippen molar-refractivity contribution in [3.63, 3.8) is 0 Å². The Labute approximate surface area is 154 Å². The fourth-order valence-corrected chi connectivity index (χ4v) is 4.76. The molecule has 1 aliphatic heterocycles. The molecule has 0 spiro atoms. The van der Waals surface area contributed by atoms with Gasteiger partial charge in [-0.2, -0.15) is 4.31 Å². The van der Waals surface area contributed by atoms with E-state index in [4.69, 9.17) is 0 Å². The van der Waals surface area contributed by atoms with E-state index in [1.807, 2.05) is 32.9 Å². The third kappa shape index (κ3) is 3.64. The Morgan fingerprint density at radius 3 is 2.27 bits per heavy atom. The molecule has 1 saturated heterocycles. The quantitative estimate of drug-likeness (QED) is 0.827. The van der Waals surface area contributed by atoms with Crippen LogP contribution in [-0.4, -0.2) is 54.7 Å². The number of hydrogen-bond acceptors (Lipinski definition) is 4. The molecule has 1 fully saturated rings. The van der Waals surface area contributed by atoms with E-state index in [2.05, 4.69) is 4.98 Å². The molecule has 0 bridgehead atoms. The van der Waals surface area contributed by atoms with Gasteiger partial charge in [0.25, 0.3) is 5.91 Å². The summed E-state index contributed by atoms with van der Waals surface area (Å²) in [6.07, 6.45) is 1.57. The van der Waals surface area contributed by atoms with E-state index in [0.717, 1.165) is 16.8 Å². The van der Waals surface area contributed by atoms with E-state index in [1.165, 1.54) is 4.31 Å². The van der Waals surface area contributed by atoms with Crippen LogP contribution in [-0.2, 0) is 10.0 Å². The third-order valence-corrected chi connectivity index (χ3v) is 6.69. The lowest BCUT2D eigenvalue weighted by molar-refractivity contribution is 0.0697. The molecule has 6 nitrogen and oxygen atoms in total. The van der Waals surface area contributed by atoms with Crippen LogP contribution in [0, 0.1) is 20.8 Å². The summed E-state index contributed by atoms with van der Waals surface area (Å²) in [7, 11) is -3.55. The summed E-state index contributed by atoms with van der Waals surface area (Å²) in [5.41, 5.74) is 3.16. The monoisotopic (exact) mass is 373 g/mol. The number of aromatic nitrogens is 1. The average Bonchev–Trinajstić information content (AvgIpc) is 2.61. The second-order valence-corrected chi connectivity index (χ2v) is 8.56. The highest BCUT2D eigenvalue weighted by atomic mass is 32.2. The van der Waals surface area contributed by atoms with Crippen LogP contribution >= 0.6 is 0 Å². The number of benzene rings is 1. The van der Waals surface area contributed by atoms with Gasteiger partial charge in [0, 0.05) is 38.1 Å². The predicted octanol–water partition coefficient (Wildman–Crippen LogP) is 2.15. The molecule has 0 radical (unpaired) electrons. The first-order chi connectivity index (χ1) is 12.3. The van der Waals surface area contributed by atoms with Crippen molar-refractivity contribution < 1.29 is 13.2 Å². The van der Waals surface area contributed by atoms with Crippen molar-refractivity contribution in [2.75, 3.05) is 26.2 Å². The first-order valence-corrected chi connectivity index (χ1v) is 10.0. The van der Waals surface area contributed by atoms with E-state index in [1.54, 1.807) is 29.3 Å². The zero-order valence-corrected chi connectivity index (χ0v) is 16.1. The molecule has 7 heteroatoms. The zero-order valence-electron chi connectivity index (χ0n) is 15.3. The molecule has 3 rings (SSSR count). The minimum atomic E-state index is -3.55. The topological polar surface area (TPSA) is 70.6 Å². The molecule has 1 aliphatic rings. The Bertz CT molecular complexity index is 916. The molecule has 0 atom stereocenters. The summed E-state index contributed by atoms with van der Waals surface area (Å²) < 4.78 is 27.3. The Balaban J connectivity index is 1.71. The van der Waals surface area contributed by atoms with E-state index < -0.39 is 10.0 Å². The average molecular weight is 373 g/mol. The number of aryl methyl sites for hydroxylation is 3. The Hall–Kier alpha value is -2.25. The second-order valence-electron chi connectivity index (χ2n) is 6.65. The lowest BCUT2D eigenvalue weighted by Gasteiger charge is -2.34. The molecule has 1 aromatic heterocycles. The molecule has 1 amide bonds. The summed E-state index contributed by atoms with van der Waals surface area (Å²) >= 11 is 0. The highest BCUT2D eigenvalue weighted by Crippen LogP contribution is 2.22. The van der Waals surface area contributed by atoms with Gasteiger partial charge in [0.2, 0.25) is 10.0 Å². The van der Waals surface area contributed by atoms with E-state index >= 15 is 0 Å². The predicted molar refractivity (Wildman–Crippen MR) is 99.6 cm³/mol. The lowest BCUT2D eigenvalue weighted by atomic mass is 10.2. The number of sulfonamides is 1. The zero-order chi connectivity index (χ0) is 18.9. The van der Waals surface area contributed by atoms with Crippen LogP contribution < -0.4 is 0 Å². The molecule has 0 unspecified atom stereocenters. The second kappa shape index (κ2) is 7.17. The summed E-state index contributed by atoms with van der Waals surface area (Å²) in [5.74, 6) is -0.110. The van der Waals surface area contributed by atoms with Crippen LogP contribution in [0.1, 0.15) is 27.2 Å². The highest BCUT2D eigenvalue weighted by Gasteiger charge is 2.31. The van der Waals surface area contributed by atoms with Crippen molar-refractivity contribution in [2.45, 2.75) is 25.7 Å². The van der Waals surface area contributed by atoms with Crippen LogP contribution in [0.2, 0.25) is 0 Å². The normalized spacial score (nSPS) is 15.9. The maximum absolute atomic E-state index is 12.9. The number of piperazine rings is 1. The van der Waals surface area contributed by atoms with Crippen LogP contribution in [0.4, 0.5) is 0 Å². The van der Waals surface area contributed by atoms with Crippen molar-refractivity contribution in [3.05, 3.63) is 58.9 Å². The fraction of sp³-hybridized carbons (Fsp3) is 0.368. The van der Waals surface area contributed by atoms with Crippen LogP contribution in [0.3, 0.4) is 0 Å². The van der Waals surface area contributed by atoms with Crippen molar-refractivity contribution in [1.29, 1.82) is 0 Å². The molecule has 26 heavy (non-hydrogen) atoms. The van der Waals surface area contributed by atoms with Gasteiger partial charge in [-0.1, -0.05) is 17.7 Å². The van der Waals surface area contributed by atoms with Gasteiger partial charge in [-0.15, -0.1) is 0 Å². The van der Waals surface area contributed by atoms with E-state index in [-0.39, 0.29) is 5.91 Å². The summed E-state index contributed by atoms with van der Waals surface area (Å²) in [6.45, 7) is 6.94. The molecule has 138 valence electrons. The molecule has 2 aromatic rings. The largest absolute Gasteiger partial charge is 0.336 e. The van der Waals surface area contributed by atoms with Crippen molar-refractivity contribution in [3.8, 4) is 0 Å². The van der Waals surface area contributed by atoms with Gasteiger partial charge in [-0.05, 0) is 44.5 Å². The van der Waals surface area contributed by atoms with E-state index in [0.29, 0.717) is 36.6 Å². The van der Waals surface area contributed by atoms with Crippen LogP contribution in [0.15, 0.2) is 41.4 Å². The molecule has 2 heterocycles. The van der Waals surface area contributed by atoms with Gasteiger partial charge in [-0.25, -0.2) is 8.42 Å². The van der Waals surface area contributed by atoms with Crippen molar-refractivity contribution >= 4 is 15.9 Å². The number of rotatable bonds is 3. The first-order valence-electron chi connectivity index (χ1n) is 8.58. The molecule has 0 aliphatic carbocycles. The van der Waals surface area contributed by atoms with Crippen LogP contribution in [0.5, 0.6) is 0 Å². The number of carbonyl (C=O) groups is 1. The maximum atomic E-state index is 12.9. The Kier molecular flexibility index (Phi) is 5.11. The van der Waals surface area contributed by atoms with Gasteiger partial charge in [0.05, 0.1) is 10.5 Å². The SMILES string of the molecule is Cc1ccc(S(=O)(=O)N2CCN(C(=O)c3ccc(C)nc3)CC2)c(C)c1. The highest BCUT2D eigenvalue weighted by molar-refractivity contribution is 7.89. The smallest absolute Gasteiger partial charge is 0.255 e. The van der Waals surface area contributed by atoms with Gasteiger partial charge >= 0.3 is 0 Å². The number of amides is 1. The summed E-state index contributed by atoms with van der Waals surface area (Å²) in [5, 5.41) is 0. The fourth-order valence-electron chi connectivity index (χ4n) is 3.14. The lowest BCUT2D eigenvalue weighted by Crippen LogP contribution is -2.50. The Morgan fingerprint density at radius 1 is 1.00 bits per heavy atom. The molecule has 1 aromatic carbocycles. The molecule has 0 N–H and O–H groups in total. The number of hydrogen-bond donors (Lipinski definition) is 0. The van der Waals surface area contributed by atoms with Gasteiger partial charge in [0.1, 0.15) is 0 Å². The van der Waals surface area contributed by atoms with E-state index in [9.17, 15) is 13.2 Å². The molecule has 0 saturated carbocycles. The van der Waals surface area contributed by atoms with Crippen molar-refractivity contribution in [2.24, 2.45) is 0 Å². The third-order valence-electron chi connectivity index (χ3n) is 4.63. The number of pyridine rings is 1. The maximum Gasteiger partial charge on any atom is 0.255 e. The van der Waals surface area contributed by atoms with Crippen molar-refractivity contribution in [1.82, 2.24) is 14.2 Å². The molecular weight excluding hydrogens is 350 g/mol. The van der Waals surface area contributed by atoms with Gasteiger partial charge in [-0.3, -0.25) is 9.78 Å². The number of nitrogens with zero attached hydrogens (tertiary/aromatic N) is 3. The minimum absolute atomic E-state index is 0.110.